The normalized spacial score (nSPS) is 19.8. The highest BCUT2D eigenvalue weighted by Gasteiger charge is 2.30. The molecule has 0 unspecified atom stereocenters. The lowest BCUT2D eigenvalue weighted by Crippen LogP contribution is -2.22. The number of amidine groups is 2. The molecular weight excluding hydrogens is 572 g/mol. The van der Waals surface area contributed by atoms with E-state index >= 15 is 0 Å². The van der Waals surface area contributed by atoms with Gasteiger partial charge in [0.05, 0.1) is 27.7 Å². The molecule has 4 N–H and O–H groups in total. The van der Waals surface area contributed by atoms with Gasteiger partial charge < -0.3 is 30.4 Å². The van der Waals surface area contributed by atoms with Gasteiger partial charge in [0.25, 0.3) is 12.0 Å². The van der Waals surface area contributed by atoms with Gasteiger partial charge in [0.15, 0.2) is 0 Å². The predicted molar refractivity (Wildman–Crippen MR) is 149 cm³/mol. The standard InChI is InChI=1S/C14H17F3N2O2.C13H16Cl2N2O2/c1-2-11(7-10-8-20-13(18)19-10)21-12-5-3-9(4-6-12)14(15,16)17;1-2-9(5-8-7-18-13(16)17-8)19-10-3-4-11(14)12(15)6-10/h3-6,10-11H,2,7-8H2,1H3,(H2,18,19);3-4,6,8-9H,2,5,7H2,1H3,(H2,16,17)/t10-,11-;8-,9-/m00/s1. The fourth-order valence-corrected chi connectivity index (χ4v) is 4.26. The zero-order valence-electron chi connectivity index (χ0n) is 22.2. The molecule has 40 heavy (non-hydrogen) atoms. The topological polar surface area (TPSA) is 114 Å². The molecule has 2 aliphatic rings. The Balaban J connectivity index is 0.000000222. The number of nitrogens with zero attached hydrogens (tertiary/aromatic N) is 2. The van der Waals surface area contributed by atoms with Gasteiger partial charge in [-0.3, -0.25) is 0 Å². The lowest BCUT2D eigenvalue weighted by atomic mass is 10.1. The first-order valence-electron chi connectivity index (χ1n) is 12.8. The summed E-state index contributed by atoms with van der Waals surface area (Å²) in [6, 6.07) is 10.3. The van der Waals surface area contributed by atoms with Gasteiger partial charge >= 0.3 is 6.18 Å². The van der Waals surface area contributed by atoms with Gasteiger partial charge in [-0.05, 0) is 49.2 Å². The molecule has 13 heteroatoms. The summed E-state index contributed by atoms with van der Waals surface area (Å²) < 4.78 is 59.2. The number of benzene rings is 2. The Hall–Kier alpha value is -3.05. The number of aliphatic imine (C=N–C) groups is 2. The second kappa shape index (κ2) is 14.5. The smallest absolute Gasteiger partial charge is 0.416 e. The maximum absolute atomic E-state index is 12.5. The SMILES string of the molecule is CC[C@@H](C[C@H]1COC(N)=N1)Oc1ccc(C(F)(F)F)cc1.CC[C@@H](C[C@H]1COC(N)=N1)Oc1ccc(Cl)c(Cl)c1. The molecule has 4 rings (SSSR count). The quantitative estimate of drug-likeness (QED) is 0.333. The van der Waals surface area contributed by atoms with E-state index in [1.807, 2.05) is 6.92 Å². The molecule has 220 valence electrons. The van der Waals surface area contributed by atoms with Crippen LogP contribution in [0.4, 0.5) is 13.2 Å². The van der Waals surface area contributed by atoms with Crippen LogP contribution in [-0.2, 0) is 15.7 Å². The minimum atomic E-state index is -4.34. The average Bonchev–Trinajstić information content (AvgIpc) is 3.52. The summed E-state index contributed by atoms with van der Waals surface area (Å²) in [4.78, 5) is 8.30. The van der Waals surface area contributed by atoms with Crippen molar-refractivity contribution >= 4 is 35.2 Å². The van der Waals surface area contributed by atoms with E-state index in [4.69, 9.17) is 53.6 Å². The van der Waals surface area contributed by atoms with Crippen LogP contribution in [0.3, 0.4) is 0 Å². The molecule has 0 radical (unpaired) electrons. The second-order valence-electron chi connectivity index (χ2n) is 9.23. The summed E-state index contributed by atoms with van der Waals surface area (Å²) in [6.07, 6.45) is -1.49. The fraction of sp³-hybridized carbons (Fsp3) is 0.481. The molecule has 0 fully saturated rings. The van der Waals surface area contributed by atoms with Crippen molar-refractivity contribution in [2.24, 2.45) is 21.5 Å². The van der Waals surface area contributed by atoms with E-state index in [1.165, 1.54) is 12.1 Å². The zero-order valence-corrected chi connectivity index (χ0v) is 23.7. The van der Waals surface area contributed by atoms with E-state index in [0.717, 1.165) is 25.0 Å². The van der Waals surface area contributed by atoms with Crippen LogP contribution in [0.2, 0.25) is 10.0 Å². The highest BCUT2D eigenvalue weighted by Crippen LogP contribution is 2.31. The lowest BCUT2D eigenvalue weighted by Gasteiger charge is -2.19. The van der Waals surface area contributed by atoms with Gasteiger partial charge in [-0.25, -0.2) is 9.98 Å². The van der Waals surface area contributed by atoms with Gasteiger partial charge in [-0.2, -0.15) is 13.2 Å². The molecule has 0 spiro atoms. The van der Waals surface area contributed by atoms with Crippen LogP contribution in [0.1, 0.15) is 45.1 Å². The summed E-state index contributed by atoms with van der Waals surface area (Å²) in [5.74, 6) is 1.11. The number of nitrogens with two attached hydrogens (primary N) is 2. The van der Waals surface area contributed by atoms with E-state index in [0.29, 0.717) is 47.6 Å². The highest BCUT2D eigenvalue weighted by atomic mass is 35.5. The minimum Gasteiger partial charge on any atom is -0.490 e. The maximum atomic E-state index is 12.5. The van der Waals surface area contributed by atoms with Crippen LogP contribution in [-0.4, -0.2) is 49.5 Å². The largest absolute Gasteiger partial charge is 0.490 e. The number of alkyl halides is 3. The average molecular weight is 605 g/mol. The van der Waals surface area contributed by atoms with Gasteiger partial charge in [0.2, 0.25) is 0 Å². The third-order valence-corrected chi connectivity index (χ3v) is 6.86. The Bertz CT molecular complexity index is 1170. The zero-order chi connectivity index (χ0) is 29.3. The van der Waals surface area contributed by atoms with Crippen LogP contribution in [0.15, 0.2) is 52.4 Å². The van der Waals surface area contributed by atoms with Crippen molar-refractivity contribution in [2.75, 3.05) is 13.2 Å². The highest BCUT2D eigenvalue weighted by molar-refractivity contribution is 6.42. The van der Waals surface area contributed by atoms with Crippen molar-refractivity contribution in [1.29, 1.82) is 0 Å². The fourth-order valence-electron chi connectivity index (χ4n) is 3.97. The third-order valence-electron chi connectivity index (χ3n) is 6.13. The molecule has 0 saturated carbocycles. The Kier molecular flexibility index (Phi) is 11.4. The monoisotopic (exact) mass is 604 g/mol. The van der Waals surface area contributed by atoms with E-state index in [9.17, 15) is 13.2 Å². The molecule has 2 aromatic rings. The molecule has 0 amide bonds. The van der Waals surface area contributed by atoms with Crippen LogP contribution in [0, 0.1) is 0 Å². The number of hydrogen-bond acceptors (Lipinski definition) is 8. The van der Waals surface area contributed by atoms with E-state index < -0.39 is 11.7 Å². The van der Waals surface area contributed by atoms with E-state index in [2.05, 4.69) is 16.9 Å². The van der Waals surface area contributed by atoms with Crippen molar-refractivity contribution in [1.82, 2.24) is 0 Å². The number of halogens is 5. The number of rotatable bonds is 10. The molecule has 0 bridgehead atoms. The van der Waals surface area contributed by atoms with Crippen molar-refractivity contribution < 1.29 is 32.1 Å². The van der Waals surface area contributed by atoms with Gasteiger partial charge in [-0.1, -0.05) is 37.0 Å². The minimum absolute atomic E-state index is 0.0421. The molecule has 0 saturated heterocycles. The summed E-state index contributed by atoms with van der Waals surface area (Å²) in [7, 11) is 0. The number of ether oxygens (including phenoxy) is 4. The molecule has 0 aromatic heterocycles. The Morgan fingerprint density at radius 3 is 1.70 bits per heavy atom. The van der Waals surface area contributed by atoms with Crippen molar-refractivity contribution in [2.45, 2.75) is 70.0 Å². The predicted octanol–water partition coefficient (Wildman–Crippen LogP) is 6.22. The van der Waals surface area contributed by atoms with Crippen LogP contribution in [0.5, 0.6) is 11.5 Å². The van der Waals surface area contributed by atoms with Gasteiger partial charge in [-0.15, -0.1) is 0 Å². The van der Waals surface area contributed by atoms with Gasteiger partial charge in [0.1, 0.15) is 36.9 Å². The Morgan fingerprint density at radius 2 is 1.30 bits per heavy atom. The Morgan fingerprint density at radius 1 is 0.825 bits per heavy atom. The molecule has 2 aliphatic heterocycles. The second-order valence-corrected chi connectivity index (χ2v) is 10.0. The van der Waals surface area contributed by atoms with Crippen molar-refractivity contribution in [3.63, 3.8) is 0 Å². The molecule has 0 aliphatic carbocycles. The maximum Gasteiger partial charge on any atom is 0.416 e. The first-order chi connectivity index (χ1) is 19.0. The summed E-state index contributed by atoms with van der Waals surface area (Å²) in [6.45, 7) is 4.94. The molecule has 2 heterocycles. The molecule has 4 atom stereocenters. The van der Waals surface area contributed by atoms with Crippen molar-refractivity contribution in [3.05, 3.63) is 58.1 Å². The third kappa shape index (κ3) is 9.85. The Labute approximate surface area is 241 Å². The van der Waals surface area contributed by atoms with E-state index in [1.54, 1.807) is 18.2 Å². The van der Waals surface area contributed by atoms with Crippen molar-refractivity contribution in [3.8, 4) is 11.5 Å². The van der Waals surface area contributed by atoms with Crippen LogP contribution in [0.25, 0.3) is 0 Å². The summed E-state index contributed by atoms with van der Waals surface area (Å²) in [5.41, 5.74) is 10.2. The summed E-state index contributed by atoms with van der Waals surface area (Å²) >= 11 is 11.8. The van der Waals surface area contributed by atoms with E-state index in [-0.39, 0.29) is 36.3 Å². The van der Waals surface area contributed by atoms with Gasteiger partial charge in [0, 0.05) is 18.9 Å². The first kappa shape index (κ1) is 31.5. The number of hydrogen-bond donors (Lipinski definition) is 2. The summed E-state index contributed by atoms with van der Waals surface area (Å²) in [5, 5.41) is 1.00. The first-order valence-corrected chi connectivity index (χ1v) is 13.6. The van der Waals surface area contributed by atoms with Crippen LogP contribution >= 0.6 is 23.2 Å². The molecule has 2 aromatic carbocycles. The lowest BCUT2D eigenvalue weighted by molar-refractivity contribution is -0.137. The molecule has 8 nitrogen and oxygen atoms in total. The molecular formula is C27H33Cl2F3N4O4. The van der Waals surface area contributed by atoms with Crippen LogP contribution < -0.4 is 20.9 Å².